The fourth-order valence-electron chi connectivity index (χ4n) is 5.41. The van der Waals surface area contributed by atoms with Crippen molar-refractivity contribution in [3.05, 3.63) is 58.9 Å². The van der Waals surface area contributed by atoms with Gasteiger partial charge in [0.15, 0.2) is 0 Å². The van der Waals surface area contributed by atoms with Gasteiger partial charge in [-0.1, -0.05) is 0 Å². The van der Waals surface area contributed by atoms with E-state index in [4.69, 9.17) is 0 Å². The van der Waals surface area contributed by atoms with Crippen LogP contribution in [0.1, 0.15) is 36.0 Å². The Bertz CT molecular complexity index is 1280. The van der Waals surface area contributed by atoms with E-state index in [0.29, 0.717) is 22.1 Å². The van der Waals surface area contributed by atoms with Gasteiger partial charge in [-0.3, -0.25) is 0 Å². The minimum absolute atomic E-state index is 0.185. The number of likely N-dealkylation sites (tertiary alicyclic amines) is 1. The molecule has 6 radical (unpaired) electrons. The minimum Gasteiger partial charge on any atom is -0.0306 e. The molecule has 3 nitrogen and oxygen atoms in total. The van der Waals surface area contributed by atoms with Crippen LogP contribution in [-0.4, -0.2) is 83.4 Å². The zero-order valence-electron chi connectivity index (χ0n) is 18.6. The van der Waals surface area contributed by atoms with Gasteiger partial charge in [0, 0.05) is 0 Å². The maximum absolute atomic E-state index is 15.4. The number of nitrogens with zero attached hydrogens (tertiary/aromatic N) is 3. The van der Waals surface area contributed by atoms with Crippen LogP contribution < -0.4 is 0 Å². The van der Waals surface area contributed by atoms with Crippen LogP contribution in [0.4, 0.5) is 4.39 Å². The Morgan fingerprint density at radius 2 is 2.00 bits per heavy atom. The molecule has 2 aromatic carbocycles. The van der Waals surface area contributed by atoms with Gasteiger partial charge in [-0.05, 0) is 56.8 Å². The predicted octanol–water partition coefficient (Wildman–Crippen LogP) is 4.74. The molecule has 1 spiro atoms. The molecule has 3 aromatic rings. The molecular weight excluding hydrogens is 820 g/mol. The fraction of sp³-hybridized carbons (Fsp3) is 0.385. The molecule has 1 saturated heterocycles. The number of thiophene rings is 1. The van der Waals surface area contributed by atoms with Gasteiger partial charge in [0.2, 0.25) is 0 Å². The van der Waals surface area contributed by atoms with Gasteiger partial charge in [-0.25, -0.2) is 0 Å². The molecule has 0 N–H and O–H groups in total. The average Bonchev–Trinajstić information content (AvgIpc) is 3.39. The molecule has 1 aromatic heterocycles. The quantitative estimate of drug-likeness (QED) is 0.282. The van der Waals surface area contributed by atoms with Gasteiger partial charge in [0.05, 0.1) is 0 Å². The molecule has 7 heteroatoms. The predicted molar refractivity (Wildman–Crippen MR) is 136 cm³/mol. The molecule has 1 aliphatic heterocycles. The number of halogens is 1. The van der Waals surface area contributed by atoms with E-state index in [1.165, 1.54) is 53.7 Å². The molecule has 0 saturated carbocycles. The number of benzene rings is 2. The molecule has 1 atom stereocenters. The number of hydrogen-bond acceptors (Lipinski definition) is 4. The third kappa shape index (κ3) is 4.74. The van der Waals surface area contributed by atoms with E-state index in [1.54, 1.807) is 0 Å². The normalized spacial score (nSPS) is 18.3. The summed E-state index contributed by atoms with van der Waals surface area (Å²) in [6, 6.07) is 14.6. The third-order valence-electron chi connectivity index (χ3n) is 7.34. The summed E-state index contributed by atoms with van der Waals surface area (Å²) in [6.07, 6.45) is 5.24. The SMILES string of the molecule is CN1CCC2(CCc3ccc(-c4cc5ccc(CC(C#N)N=[C]([Pb])[Pb])c(F)c5s4)cc32)CC1. The number of hydrogen-bond donors (Lipinski definition) is 0. The van der Waals surface area contributed by atoms with Crippen LogP contribution in [0, 0.1) is 17.1 Å². The standard InChI is InChI=1S/C26H24FN3S.2Pb/c1-29-21(16-28)13-19-5-6-20-15-23(31-25(20)24(19)27)18-4-3-17-7-8-26(22(17)14-18)9-11-30(2)12-10-26;;/h3-6,14-15,21H,7-13H2,2H3;;. The van der Waals surface area contributed by atoms with Crippen LogP contribution in [0.5, 0.6) is 0 Å². The van der Waals surface area contributed by atoms with Gasteiger partial charge in [-0.2, -0.15) is 0 Å². The second-order valence-corrected chi connectivity index (χ2v) is 21.6. The van der Waals surface area contributed by atoms with Crippen molar-refractivity contribution in [3.8, 4) is 16.5 Å². The molecule has 1 unspecified atom stereocenters. The molecule has 5 rings (SSSR count). The molecule has 2 heterocycles. The minimum atomic E-state index is -0.483. The van der Waals surface area contributed by atoms with Crippen LogP contribution in [0.15, 0.2) is 41.4 Å². The Morgan fingerprint density at radius 1 is 1.21 bits per heavy atom. The Labute approximate surface area is 230 Å². The van der Waals surface area contributed by atoms with Gasteiger partial charge < -0.3 is 4.90 Å². The Morgan fingerprint density at radius 3 is 2.73 bits per heavy atom. The van der Waals surface area contributed by atoms with Gasteiger partial charge in [-0.15, -0.1) is 0 Å². The number of piperidine rings is 1. The first-order valence-corrected chi connectivity index (χ1v) is 16.0. The van der Waals surface area contributed by atoms with Crippen LogP contribution in [-0.2, 0) is 18.3 Å². The third-order valence-corrected chi connectivity index (χ3v) is 9.53. The number of nitriles is 1. The second-order valence-electron chi connectivity index (χ2n) is 9.35. The van der Waals surface area contributed by atoms with E-state index in [2.05, 4.69) is 47.3 Å². The molecule has 1 fully saturated rings. The van der Waals surface area contributed by atoms with Crippen LogP contribution in [0.2, 0.25) is 0 Å². The number of aryl methyl sites for hydroxylation is 1. The first-order chi connectivity index (χ1) is 15.9. The average molecular weight is 844 g/mol. The summed E-state index contributed by atoms with van der Waals surface area (Å²) in [5.41, 5.74) is 5.15. The van der Waals surface area contributed by atoms with E-state index in [0.717, 1.165) is 75.7 Å². The van der Waals surface area contributed by atoms with Crippen molar-refractivity contribution >= 4 is 73.8 Å². The second kappa shape index (κ2) is 9.74. The van der Waals surface area contributed by atoms with Crippen LogP contribution in [0.3, 0.4) is 0 Å². The van der Waals surface area contributed by atoms with Gasteiger partial charge in [0.25, 0.3) is 0 Å². The first-order valence-electron chi connectivity index (χ1n) is 11.3. The first kappa shape index (κ1) is 24.0. The summed E-state index contributed by atoms with van der Waals surface area (Å²) >= 11 is 3.29. The summed E-state index contributed by atoms with van der Waals surface area (Å²) in [4.78, 5) is 8.02. The topological polar surface area (TPSA) is 39.4 Å². The number of fused-ring (bicyclic) bond motifs is 3. The van der Waals surface area contributed by atoms with Crippen LogP contribution in [0.25, 0.3) is 20.5 Å². The Balaban J connectivity index is 1.49. The van der Waals surface area contributed by atoms with Crippen molar-refractivity contribution < 1.29 is 4.39 Å². The molecule has 2 aliphatic rings. The molecule has 0 amide bonds. The fourth-order valence-corrected chi connectivity index (χ4v) is 7.74. The van der Waals surface area contributed by atoms with Crippen molar-refractivity contribution in [1.29, 1.82) is 5.26 Å². The van der Waals surface area contributed by atoms with Crippen molar-refractivity contribution in [2.45, 2.75) is 43.6 Å². The number of aliphatic imine (C=N–C) groups is 1. The number of rotatable bonds is 4. The van der Waals surface area contributed by atoms with E-state index >= 15 is 4.39 Å². The maximum atomic E-state index is 15.4. The Hall–Kier alpha value is -0.706. The summed E-state index contributed by atoms with van der Waals surface area (Å²) in [5, 5.41) is 10.4. The molecule has 0 bridgehead atoms. The zero-order valence-corrected chi connectivity index (χ0v) is 27.2. The summed E-state index contributed by atoms with van der Waals surface area (Å²) in [6.45, 7) is 2.33. The van der Waals surface area contributed by atoms with Crippen molar-refractivity contribution in [2.75, 3.05) is 20.1 Å². The summed E-state index contributed by atoms with van der Waals surface area (Å²) in [5.74, 6) is -0.185. The zero-order chi connectivity index (χ0) is 23.2. The van der Waals surface area contributed by atoms with Crippen molar-refractivity contribution in [2.24, 2.45) is 4.99 Å². The van der Waals surface area contributed by atoms with Crippen LogP contribution >= 0.6 is 11.3 Å². The summed E-state index contributed by atoms with van der Waals surface area (Å²) < 4.78 is 17.2. The van der Waals surface area contributed by atoms with E-state index in [9.17, 15) is 5.26 Å². The van der Waals surface area contributed by atoms with Gasteiger partial charge in [0.1, 0.15) is 0 Å². The summed E-state index contributed by atoms with van der Waals surface area (Å²) in [7, 11) is 2.22. The van der Waals surface area contributed by atoms with Gasteiger partial charge >= 0.3 is 171 Å². The molecular formula is C26H24FN3Pb2S. The molecule has 33 heavy (non-hydrogen) atoms. The van der Waals surface area contributed by atoms with E-state index in [-0.39, 0.29) is 5.82 Å². The van der Waals surface area contributed by atoms with Crippen molar-refractivity contribution in [3.63, 3.8) is 0 Å². The molecule has 164 valence electrons. The Kier molecular flexibility index (Phi) is 7.09. The van der Waals surface area contributed by atoms with Crippen molar-refractivity contribution in [1.82, 2.24) is 4.90 Å². The van der Waals surface area contributed by atoms with E-state index < -0.39 is 6.04 Å². The molecule has 1 aliphatic carbocycles. The smallest absolute Gasteiger partial charge is 0.0306 e. The monoisotopic (exact) mass is 845 g/mol. The van der Waals surface area contributed by atoms with E-state index in [1.807, 2.05) is 12.1 Å².